The number of nitrogens with one attached hydrogen (secondary N) is 3. The summed E-state index contributed by atoms with van der Waals surface area (Å²) in [4.78, 5) is 20.4. The van der Waals surface area contributed by atoms with Crippen LogP contribution in [0.4, 0.5) is 29.7 Å². The average molecular weight is 493 g/mol. The number of hydrogen-bond donors (Lipinski definition) is 3. The zero-order valence-corrected chi connectivity index (χ0v) is 19.2. The molecule has 3 aromatic rings. The summed E-state index contributed by atoms with van der Waals surface area (Å²) in [5.74, 6) is -0.187. The highest BCUT2D eigenvalue weighted by Crippen LogP contribution is 2.39. The molecule has 0 aromatic carbocycles. The maximum Gasteiger partial charge on any atom is 0.407 e. The van der Waals surface area contributed by atoms with E-state index in [2.05, 4.69) is 30.8 Å². The summed E-state index contributed by atoms with van der Waals surface area (Å²) in [6.45, 7) is 2.12. The number of rotatable bonds is 8. The lowest BCUT2D eigenvalue weighted by Crippen LogP contribution is -2.38. The normalized spacial score (nSPS) is 23.1. The van der Waals surface area contributed by atoms with Gasteiger partial charge in [-0.05, 0) is 32.6 Å². The predicted octanol–water partition coefficient (Wildman–Crippen LogP) is 4.14. The zero-order valence-electron chi connectivity index (χ0n) is 19.2. The molecule has 3 heterocycles. The number of carbonyl (C=O) groups is 1. The standard InChI is InChI=1S/C22H26F3N7O3/c1-22(5-6-22)29-21(33)35-15-4-3-12(18(15)23)13-7-16(31-30-13)28-20-27-14(19(24)25)8-17-26-11(10-34-2)9-32(17)20/h7-9,12,15,18-19H,3-6,10H2,1-2H3,(H,29,33)(H2,27,28,30,31)/t12-,15-,18+/m1/s1. The zero-order chi connectivity index (χ0) is 24.7. The van der Waals surface area contributed by atoms with Crippen molar-refractivity contribution >= 4 is 23.5 Å². The van der Waals surface area contributed by atoms with Crippen LogP contribution in [0.15, 0.2) is 18.3 Å². The topological polar surface area (TPSA) is 118 Å². The van der Waals surface area contributed by atoms with Crippen molar-refractivity contribution in [1.29, 1.82) is 0 Å². The van der Waals surface area contributed by atoms with Gasteiger partial charge < -0.3 is 20.1 Å². The van der Waals surface area contributed by atoms with E-state index in [0.717, 1.165) is 12.8 Å². The molecule has 1 amide bonds. The van der Waals surface area contributed by atoms with E-state index in [1.807, 2.05) is 6.92 Å². The van der Waals surface area contributed by atoms with E-state index in [-0.39, 0.29) is 29.6 Å². The molecular formula is C22H26F3N7O3. The second kappa shape index (κ2) is 9.02. The highest BCUT2D eigenvalue weighted by molar-refractivity contribution is 5.69. The number of ether oxygens (including phenoxy) is 2. The van der Waals surface area contributed by atoms with Gasteiger partial charge in [0.1, 0.15) is 23.6 Å². The van der Waals surface area contributed by atoms with Gasteiger partial charge in [-0.15, -0.1) is 0 Å². The minimum Gasteiger partial charge on any atom is -0.443 e. The lowest BCUT2D eigenvalue weighted by atomic mass is 10.0. The van der Waals surface area contributed by atoms with Gasteiger partial charge >= 0.3 is 6.09 Å². The number of carbonyl (C=O) groups excluding carboxylic acids is 1. The predicted molar refractivity (Wildman–Crippen MR) is 118 cm³/mol. The molecular weight excluding hydrogens is 467 g/mol. The van der Waals surface area contributed by atoms with Crippen molar-refractivity contribution < 1.29 is 27.4 Å². The molecule has 0 radical (unpaired) electrons. The Bertz CT molecular complexity index is 1230. The third-order valence-electron chi connectivity index (χ3n) is 6.44. The molecule has 3 aromatic heterocycles. The summed E-state index contributed by atoms with van der Waals surface area (Å²) in [7, 11) is 1.51. The van der Waals surface area contributed by atoms with Gasteiger partial charge in [-0.1, -0.05) is 0 Å². The van der Waals surface area contributed by atoms with Crippen molar-refractivity contribution in [3.63, 3.8) is 0 Å². The maximum absolute atomic E-state index is 15.1. The molecule has 35 heavy (non-hydrogen) atoms. The first-order valence-corrected chi connectivity index (χ1v) is 11.4. The number of fused-ring (bicyclic) bond motifs is 1. The minimum absolute atomic E-state index is 0.0837. The molecule has 0 spiro atoms. The van der Waals surface area contributed by atoms with Crippen molar-refractivity contribution in [3.05, 3.63) is 35.4 Å². The second-order valence-corrected chi connectivity index (χ2v) is 9.29. The molecule has 2 fully saturated rings. The first-order valence-electron chi connectivity index (χ1n) is 11.4. The van der Waals surface area contributed by atoms with E-state index < -0.39 is 36.4 Å². The van der Waals surface area contributed by atoms with Gasteiger partial charge in [0.05, 0.1) is 12.3 Å². The fourth-order valence-electron chi connectivity index (χ4n) is 4.28. The van der Waals surface area contributed by atoms with Gasteiger partial charge in [0.15, 0.2) is 5.82 Å². The molecule has 3 N–H and O–H groups in total. The van der Waals surface area contributed by atoms with Gasteiger partial charge in [0.25, 0.3) is 6.43 Å². The molecule has 13 heteroatoms. The van der Waals surface area contributed by atoms with E-state index in [0.29, 0.717) is 24.2 Å². The highest BCUT2D eigenvalue weighted by atomic mass is 19.3. The minimum atomic E-state index is -2.79. The Labute approximate surface area is 198 Å². The maximum atomic E-state index is 15.1. The highest BCUT2D eigenvalue weighted by Gasteiger charge is 2.43. The molecule has 2 saturated carbocycles. The van der Waals surface area contributed by atoms with Crippen molar-refractivity contribution in [2.75, 3.05) is 12.4 Å². The van der Waals surface area contributed by atoms with Gasteiger partial charge in [-0.2, -0.15) is 5.10 Å². The van der Waals surface area contributed by atoms with Crippen molar-refractivity contribution in [2.45, 2.75) is 69.4 Å². The van der Waals surface area contributed by atoms with Crippen LogP contribution in [0.25, 0.3) is 5.65 Å². The summed E-state index contributed by atoms with van der Waals surface area (Å²) in [6.07, 6.45) is -1.42. The fourth-order valence-corrected chi connectivity index (χ4v) is 4.28. The van der Waals surface area contributed by atoms with E-state index in [1.165, 1.54) is 17.6 Å². The van der Waals surface area contributed by atoms with Crippen LogP contribution in [-0.2, 0) is 16.1 Å². The molecule has 10 nitrogen and oxygen atoms in total. The molecule has 2 aliphatic rings. The van der Waals surface area contributed by atoms with Crippen molar-refractivity contribution in [3.8, 4) is 0 Å². The second-order valence-electron chi connectivity index (χ2n) is 9.29. The molecule has 0 saturated heterocycles. The number of methoxy groups -OCH3 is 1. The number of aromatic nitrogens is 5. The molecule has 2 aliphatic carbocycles. The Hall–Kier alpha value is -3.35. The van der Waals surface area contributed by atoms with Crippen LogP contribution in [0, 0.1) is 0 Å². The number of amides is 1. The fraction of sp³-hybridized carbons (Fsp3) is 0.545. The largest absolute Gasteiger partial charge is 0.443 e. The molecule has 0 bridgehead atoms. The van der Waals surface area contributed by atoms with E-state index in [1.54, 1.807) is 12.3 Å². The Morgan fingerprint density at radius 2 is 2.11 bits per heavy atom. The van der Waals surface area contributed by atoms with Crippen LogP contribution in [0.5, 0.6) is 0 Å². The smallest absolute Gasteiger partial charge is 0.407 e. The van der Waals surface area contributed by atoms with Crippen molar-refractivity contribution in [2.24, 2.45) is 0 Å². The van der Waals surface area contributed by atoms with Crippen LogP contribution in [0.1, 0.15) is 62.0 Å². The average Bonchev–Trinajstić information content (AvgIpc) is 3.14. The summed E-state index contributed by atoms with van der Waals surface area (Å²) in [6, 6.07) is 2.80. The Kier molecular flexibility index (Phi) is 6.03. The third kappa shape index (κ3) is 4.90. The summed E-state index contributed by atoms with van der Waals surface area (Å²) in [5.41, 5.74) is 0.642. The number of halogens is 3. The van der Waals surface area contributed by atoms with Gasteiger partial charge in [0, 0.05) is 42.6 Å². The lowest BCUT2D eigenvalue weighted by molar-refractivity contribution is 0.0546. The number of alkyl carbamates (subject to hydrolysis) is 1. The number of aromatic amines is 1. The van der Waals surface area contributed by atoms with Crippen LogP contribution in [0.2, 0.25) is 0 Å². The molecule has 0 aliphatic heterocycles. The van der Waals surface area contributed by atoms with E-state index in [4.69, 9.17) is 9.47 Å². The number of H-pyrrole nitrogens is 1. The van der Waals surface area contributed by atoms with Gasteiger partial charge in [0.2, 0.25) is 5.95 Å². The third-order valence-corrected chi connectivity index (χ3v) is 6.44. The number of nitrogens with zero attached hydrogens (tertiary/aromatic N) is 4. The van der Waals surface area contributed by atoms with Crippen molar-refractivity contribution in [1.82, 2.24) is 29.9 Å². The molecule has 0 unspecified atom stereocenters. The van der Waals surface area contributed by atoms with Crippen LogP contribution < -0.4 is 10.6 Å². The van der Waals surface area contributed by atoms with Crippen LogP contribution >= 0.6 is 0 Å². The summed E-state index contributed by atoms with van der Waals surface area (Å²) in [5, 5.41) is 12.6. The lowest BCUT2D eigenvalue weighted by Gasteiger charge is -2.19. The Morgan fingerprint density at radius 1 is 1.31 bits per heavy atom. The van der Waals surface area contributed by atoms with E-state index in [9.17, 15) is 13.6 Å². The van der Waals surface area contributed by atoms with E-state index >= 15 is 4.39 Å². The molecule has 188 valence electrons. The first-order chi connectivity index (χ1) is 16.7. The first kappa shape index (κ1) is 23.4. The number of anilines is 2. The number of imidazole rings is 1. The van der Waals surface area contributed by atoms with Crippen LogP contribution in [0.3, 0.4) is 0 Å². The van der Waals surface area contributed by atoms with Crippen LogP contribution in [-0.4, -0.2) is 55.6 Å². The van der Waals surface area contributed by atoms with Gasteiger partial charge in [-0.25, -0.2) is 27.9 Å². The monoisotopic (exact) mass is 493 g/mol. The quantitative estimate of drug-likeness (QED) is 0.432. The summed E-state index contributed by atoms with van der Waals surface area (Å²) >= 11 is 0. The molecule has 5 rings (SSSR count). The Balaban J connectivity index is 1.30. The van der Waals surface area contributed by atoms with Gasteiger partial charge in [-0.3, -0.25) is 9.50 Å². The Morgan fingerprint density at radius 3 is 2.83 bits per heavy atom. The molecule has 3 atom stereocenters. The summed E-state index contributed by atoms with van der Waals surface area (Å²) < 4.78 is 53.8. The SMILES string of the molecule is COCc1cn2c(Nc3cc([C@H]4CC[C@@H](OC(=O)NC5(C)CC5)[C@H]4F)[nH]n3)nc(C(F)F)cc2n1. The number of hydrogen-bond acceptors (Lipinski definition) is 7. The number of alkyl halides is 3.